The largest absolute Gasteiger partial charge is 0.388 e. The molecule has 2 aromatic rings. The second kappa shape index (κ2) is 6.29. The zero-order chi connectivity index (χ0) is 14.7. The highest BCUT2D eigenvalue weighted by molar-refractivity contribution is 6.30. The lowest BCUT2D eigenvalue weighted by molar-refractivity contribution is 0.151. The molecule has 5 heteroatoms. The molecule has 0 aliphatic heterocycles. The summed E-state index contributed by atoms with van der Waals surface area (Å²) in [6.07, 6.45) is -3.50. The molecule has 0 amide bonds. The summed E-state index contributed by atoms with van der Waals surface area (Å²) in [6, 6.07) is 9.40. The molecule has 2 rings (SSSR count). The first-order valence-corrected chi connectivity index (χ1v) is 6.35. The molecule has 0 bridgehead atoms. The van der Waals surface area contributed by atoms with E-state index in [1.54, 1.807) is 0 Å². The first kappa shape index (κ1) is 14.9. The molecule has 0 saturated heterocycles. The highest BCUT2D eigenvalue weighted by Crippen LogP contribution is 2.25. The van der Waals surface area contributed by atoms with Gasteiger partial charge in [-0.25, -0.2) is 13.2 Å². The van der Waals surface area contributed by atoms with E-state index in [4.69, 9.17) is 11.6 Å². The van der Waals surface area contributed by atoms with Crippen molar-refractivity contribution in [1.82, 2.24) is 0 Å². The first-order chi connectivity index (χ1) is 9.47. The lowest BCUT2D eigenvalue weighted by Crippen LogP contribution is -2.04. The third-order valence-corrected chi connectivity index (χ3v) is 3.23. The van der Waals surface area contributed by atoms with Gasteiger partial charge in [0.25, 0.3) is 6.43 Å². The second-order valence-electron chi connectivity index (χ2n) is 4.42. The molecule has 0 heterocycles. The van der Waals surface area contributed by atoms with Gasteiger partial charge in [0, 0.05) is 17.0 Å². The fraction of sp³-hybridized carbons (Fsp3) is 0.200. The minimum atomic E-state index is -2.55. The Balaban J connectivity index is 2.15. The van der Waals surface area contributed by atoms with Gasteiger partial charge in [-0.3, -0.25) is 0 Å². The van der Waals surface area contributed by atoms with Crippen molar-refractivity contribution in [2.45, 2.75) is 19.0 Å². The number of benzene rings is 2. The molecule has 1 unspecified atom stereocenters. The Labute approximate surface area is 119 Å². The van der Waals surface area contributed by atoms with Crippen molar-refractivity contribution in [3.05, 3.63) is 70.0 Å². The van der Waals surface area contributed by atoms with Gasteiger partial charge in [-0.05, 0) is 29.3 Å². The minimum absolute atomic E-state index is 0.0282. The lowest BCUT2D eigenvalue weighted by atomic mass is 10.00. The number of hydrogen-bond acceptors (Lipinski definition) is 1. The van der Waals surface area contributed by atoms with Crippen LogP contribution in [0.1, 0.15) is 29.2 Å². The molecule has 0 aliphatic rings. The predicted molar refractivity (Wildman–Crippen MR) is 71.5 cm³/mol. The molecule has 0 aliphatic carbocycles. The number of halogens is 4. The van der Waals surface area contributed by atoms with Crippen LogP contribution in [-0.2, 0) is 6.42 Å². The molecule has 0 aromatic heterocycles. The molecule has 1 N–H and O–H groups in total. The third kappa shape index (κ3) is 3.52. The van der Waals surface area contributed by atoms with Crippen molar-refractivity contribution in [3.8, 4) is 0 Å². The van der Waals surface area contributed by atoms with E-state index < -0.39 is 18.3 Å². The van der Waals surface area contributed by atoms with Crippen LogP contribution in [0.2, 0.25) is 5.02 Å². The zero-order valence-corrected chi connectivity index (χ0v) is 11.1. The highest BCUT2D eigenvalue weighted by atomic mass is 35.5. The second-order valence-corrected chi connectivity index (χ2v) is 4.86. The quantitative estimate of drug-likeness (QED) is 0.868. The zero-order valence-electron chi connectivity index (χ0n) is 10.4. The van der Waals surface area contributed by atoms with E-state index in [9.17, 15) is 18.3 Å². The molecule has 0 radical (unpaired) electrons. The van der Waals surface area contributed by atoms with Crippen LogP contribution >= 0.6 is 11.6 Å². The Morgan fingerprint density at radius 1 is 1.00 bits per heavy atom. The Hall–Kier alpha value is -1.52. The van der Waals surface area contributed by atoms with Crippen molar-refractivity contribution < 1.29 is 18.3 Å². The van der Waals surface area contributed by atoms with Crippen LogP contribution in [0.4, 0.5) is 13.2 Å². The lowest BCUT2D eigenvalue weighted by Gasteiger charge is -2.12. The smallest absolute Gasteiger partial charge is 0.263 e. The summed E-state index contributed by atoms with van der Waals surface area (Å²) in [5.74, 6) is -0.461. The van der Waals surface area contributed by atoms with Crippen molar-refractivity contribution in [1.29, 1.82) is 0 Å². The van der Waals surface area contributed by atoms with Gasteiger partial charge in [-0.2, -0.15) is 0 Å². The van der Waals surface area contributed by atoms with E-state index in [2.05, 4.69) is 0 Å². The summed E-state index contributed by atoms with van der Waals surface area (Å²) in [7, 11) is 0. The van der Waals surface area contributed by atoms with Crippen LogP contribution in [0.15, 0.2) is 42.5 Å². The molecular weight excluding hydrogens is 289 g/mol. The first-order valence-electron chi connectivity index (χ1n) is 5.97. The molecule has 2 aromatic carbocycles. The maximum Gasteiger partial charge on any atom is 0.263 e. The summed E-state index contributed by atoms with van der Waals surface area (Å²) in [4.78, 5) is 0. The summed E-state index contributed by atoms with van der Waals surface area (Å²) in [6.45, 7) is 0. The molecule has 106 valence electrons. The monoisotopic (exact) mass is 300 g/mol. The van der Waals surface area contributed by atoms with Crippen LogP contribution in [0.3, 0.4) is 0 Å². The minimum Gasteiger partial charge on any atom is -0.388 e. The number of aliphatic hydroxyl groups is 1. The average Bonchev–Trinajstić information content (AvgIpc) is 2.43. The summed E-state index contributed by atoms with van der Waals surface area (Å²) < 4.78 is 38.4. The van der Waals surface area contributed by atoms with Gasteiger partial charge >= 0.3 is 0 Å². The molecule has 0 fully saturated rings. The molecule has 0 spiro atoms. The van der Waals surface area contributed by atoms with E-state index in [1.165, 1.54) is 42.5 Å². The van der Waals surface area contributed by atoms with Crippen LogP contribution in [-0.4, -0.2) is 5.11 Å². The SMILES string of the molecule is OC(Cc1cc(Cl)ccc1F)c1ccc(C(F)F)cc1. The van der Waals surface area contributed by atoms with Crippen LogP contribution in [0.5, 0.6) is 0 Å². The van der Waals surface area contributed by atoms with Crippen molar-refractivity contribution in [2.75, 3.05) is 0 Å². The predicted octanol–water partition coefficient (Wildman–Crippen LogP) is 4.69. The Morgan fingerprint density at radius 2 is 1.60 bits per heavy atom. The van der Waals surface area contributed by atoms with Gasteiger partial charge in [-0.1, -0.05) is 35.9 Å². The van der Waals surface area contributed by atoms with E-state index >= 15 is 0 Å². The maximum absolute atomic E-state index is 13.5. The van der Waals surface area contributed by atoms with E-state index in [0.29, 0.717) is 10.6 Å². The van der Waals surface area contributed by atoms with Crippen LogP contribution in [0.25, 0.3) is 0 Å². The van der Waals surface area contributed by atoms with Gasteiger partial charge in [0.1, 0.15) is 5.82 Å². The van der Waals surface area contributed by atoms with Crippen molar-refractivity contribution >= 4 is 11.6 Å². The van der Waals surface area contributed by atoms with Crippen LogP contribution < -0.4 is 0 Å². The number of hydrogen-bond donors (Lipinski definition) is 1. The Bertz CT molecular complexity index is 584. The summed E-state index contributed by atoms with van der Waals surface area (Å²) in [5, 5.41) is 10.4. The molecule has 1 nitrogen and oxygen atoms in total. The standard InChI is InChI=1S/C15H12ClF3O/c16-12-5-6-13(17)11(7-12)8-14(20)9-1-3-10(4-2-9)15(18)19/h1-7,14-15,20H,8H2. The summed E-state index contributed by atoms with van der Waals surface area (Å²) >= 11 is 5.77. The normalized spacial score (nSPS) is 12.7. The highest BCUT2D eigenvalue weighted by Gasteiger charge is 2.13. The number of aliphatic hydroxyl groups excluding tert-OH is 1. The van der Waals surface area contributed by atoms with Gasteiger partial charge in [0.15, 0.2) is 0 Å². The van der Waals surface area contributed by atoms with E-state index in [-0.39, 0.29) is 17.5 Å². The fourth-order valence-corrected chi connectivity index (χ4v) is 2.08. The third-order valence-electron chi connectivity index (χ3n) is 2.99. The van der Waals surface area contributed by atoms with E-state index in [0.717, 1.165) is 0 Å². The molecule has 0 saturated carbocycles. The molecule has 1 atom stereocenters. The Kier molecular flexibility index (Phi) is 4.68. The topological polar surface area (TPSA) is 20.2 Å². The van der Waals surface area contributed by atoms with Gasteiger partial charge in [0.2, 0.25) is 0 Å². The number of alkyl halides is 2. The Morgan fingerprint density at radius 3 is 2.20 bits per heavy atom. The van der Waals surface area contributed by atoms with Crippen molar-refractivity contribution in [3.63, 3.8) is 0 Å². The van der Waals surface area contributed by atoms with Crippen LogP contribution in [0, 0.1) is 5.82 Å². The number of rotatable bonds is 4. The van der Waals surface area contributed by atoms with Gasteiger partial charge in [-0.15, -0.1) is 0 Å². The summed E-state index contributed by atoms with van der Waals surface area (Å²) in [5.41, 5.74) is 0.617. The van der Waals surface area contributed by atoms with Gasteiger partial charge in [0.05, 0.1) is 6.10 Å². The fourth-order valence-electron chi connectivity index (χ4n) is 1.89. The van der Waals surface area contributed by atoms with E-state index in [1.807, 2.05) is 0 Å². The molecular formula is C15H12ClF3O. The maximum atomic E-state index is 13.5. The van der Waals surface area contributed by atoms with Crippen molar-refractivity contribution in [2.24, 2.45) is 0 Å². The van der Waals surface area contributed by atoms with Gasteiger partial charge < -0.3 is 5.11 Å². The molecule has 20 heavy (non-hydrogen) atoms. The average molecular weight is 301 g/mol.